The van der Waals surface area contributed by atoms with E-state index in [1.807, 2.05) is 78.9 Å². The Morgan fingerprint density at radius 2 is 1.07 bits per heavy atom. The summed E-state index contributed by atoms with van der Waals surface area (Å²) in [6.45, 7) is 0. The van der Waals surface area contributed by atoms with Crippen LogP contribution in [0.25, 0.3) is 39.5 Å². The average molecular weight is 451 g/mol. The van der Waals surface area contributed by atoms with Crippen molar-refractivity contribution in [1.82, 2.24) is 14.4 Å². The maximum Gasteiger partial charge on any atom is 0.235 e. The lowest BCUT2D eigenvalue weighted by Crippen LogP contribution is -1.97. The van der Waals surface area contributed by atoms with Crippen LogP contribution in [0.1, 0.15) is 0 Å². The highest BCUT2D eigenvalue weighted by atomic mass is 35.5. The van der Waals surface area contributed by atoms with Gasteiger partial charge in [-0.3, -0.25) is 4.40 Å². The van der Waals surface area contributed by atoms with Crippen LogP contribution in [0.3, 0.4) is 0 Å². The highest BCUT2D eigenvalue weighted by molar-refractivity contribution is 6.31. The second-order valence-electron chi connectivity index (χ2n) is 6.80. The van der Waals surface area contributed by atoms with E-state index < -0.39 is 0 Å². The second-order valence-corrected chi connectivity index (χ2v) is 8.10. The van der Waals surface area contributed by atoms with Crippen molar-refractivity contribution in [1.29, 1.82) is 0 Å². The Hall–Kier alpha value is -2.85. The number of nitrogens with zero attached hydrogens (tertiary/aromatic N) is 3. The lowest BCUT2D eigenvalue weighted by atomic mass is 10.0. The lowest BCUT2D eigenvalue weighted by Gasteiger charge is -2.11. The van der Waals surface area contributed by atoms with Crippen LogP contribution in [0.15, 0.2) is 85.1 Å². The number of hydrogen-bond acceptors (Lipinski definition) is 2. The van der Waals surface area contributed by atoms with Gasteiger partial charge in [-0.1, -0.05) is 71.2 Å². The van der Waals surface area contributed by atoms with Gasteiger partial charge in [-0.15, -0.1) is 0 Å². The molecule has 0 saturated heterocycles. The SMILES string of the molecule is Clc1ccc(-c2nc3nccc(-c4ccc(Cl)cc4)n3c2-c2ccc(Cl)cc2)cc1. The van der Waals surface area contributed by atoms with Gasteiger partial charge in [-0.05, 0) is 48.0 Å². The molecule has 0 aliphatic carbocycles. The normalized spacial score (nSPS) is 11.2. The zero-order valence-electron chi connectivity index (χ0n) is 15.6. The summed E-state index contributed by atoms with van der Waals surface area (Å²) >= 11 is 18.4. The maximum atomic E-state index is 6.15. The predicted molar refractivity (Wildman–Crippen MR) is 124 cm³/mol. The Morgan fingerprint density at radius 3 is 1.63 bits per heavy atom. The molecule has 0 N–H and O–H groups in total. The summed E-state index contributed by atoms with van der Waals surface area (Å²) in [5.41, 5.74) is 5.68. The van der Waals surface area contributed by atoms with Gasteiger partial charge in [0.2, 0.25) is 5.78 Å². The molecule has 0 aliphatic heterocycles. The first kappa shape index (κ1) is 19.1. The third-order valence-corrected chi connectivity index (χ3v) is 5.65. The van der Waals surface area contributed by atoms with E-state index in [2.05, 4.69) is 9.38 Å². The van der Waals surface area contributed by atoms with Crippen molar-refractivity contribution in [3.8, 4) is 33.8 Å². The largest absolute Gasteiger partial charge is 0.276 e. The summed E-state index contributed by atoms with van der Waals surface area (Å²) in [4.78, 5) is 9.39. The Balaban J connectivity index is 1.85. The van der Waals surface area contributed by atoms with Crippen LogP contribution in [0.2, 0.25) is 15.1 Å². The lowest BCUT2D eigenvalue weighted by molar-refractivity contribution is 1.12. The molecular weight excluding hydrogens is 437 g/mol. The van der Waals surface area contributed by atoms with Crippen molar-refractivity contribution in [2.24, 2.45) is 0 Å². The highest BCUT2D eigenvalue weighted by Crippen LogP contribution is 2.36. The molecule has 0 fully saturated rings. The third-order valence-electron chi connectivity index (χ3n) is 4.90. The zero-order valence-corrected chi connectivity index (χ0v) is 17.8. The van der Waals surface area contributed by atoms with Crippen LogP contribution >= 0.6 is 34.8 Å². The molecule has 3 aromatic carbocycles. The van der Waals surface area contributed by atoms with Crippen LogP contribution < -0.4 is 0 Å². The highest BCUT2D eigenvalue weighted by Gasteiger charge is 2.19. The molecule has 0 atom stereocenters. The Bertz CT molecular complexity index is 1340. The van der Waals surface area contributed by atoms with Gasteiger partial charge in [0.05, 0.1) is 17.1 Å². The topological polar surface area (TPSA) is 30.2 Å². The summed E-state index contributed by atoms with van der Waals surface area (Å²) in [6, 6.07) is 25.1. The van der Waals surface area contributed by atoms with Gasteiger partial charge in [0.1, 0.15) is 0 Å². The molecule has 3 nitrogen and oxygen atoms in total. The molecule has 0 unspecified atom stereocenters. The summed E-state index contributed by atoms with van der Waals surface area (Å²) in [7, 11) is 0. The zero-order chi connectivity index (χ0) is 20.7. The molecular formula is C24H14Cl3N3. The quantitative estimate of drug-likeness (QED) is 0.282. The van der Waals surface area contributed by atoms with Crippen molar-refractivity contribution < 1.29 is 0 Å². The number of imidazole rings is 1. The van der Waals surface area contributed by atoms with Crippen LogP contribution in [-0.4, -0.2) is 14.4 Å². The van der Waals surface area contributed by atoms with E-state index in [4.69, 9.17) is 39.8 Å². The number of benzene rings is 3. The third kappa shape index (κ3) is 3.46. The summed E-state index contributed by atoms with van der Waals surface area (Å²) in [5, 5.41) is 2.04. The molecule has 0 bridgehead atoms. The standard InChI is InChI=1S/C24H14Cl3N3/c25-18-7-1-15(2-8-18)21-13-14-28-24-29-22(16-3-9-19(26)10-4-16)23(30(21)24)17-5-11-20(27)12-6-17/h1-14H. The fraction of sp³-hybridized carbons (Fsp3) is 0. The first-order valence-corrected chi connectivity index (χ1v) is 10.4. The second kappa shape index (κ2) is 7.77. The molecule has 0 aliphatic rings. The van der Waals surface area contributed by atoms with E-state index >= 15 is 0 Å². The smallest absolute Gasteiger partial charge is 0.235 e. The van der Waals surface area contributed by atoms with Gasteiger partial charge in [-0.25, -0.2) is 9.97 Å². The number of aromatic nitrogens is 3. The first-order valence-electron chi connectivity index (χ1n) is 9.25. The number of hydrogen-bond donors (Lipinski definition) is 0. The molecule has 0 amide bonds. The Labute approximate surface area is 188 Å². The molecule has 0 radical (unpaired) electrons. The molecule has 0 saturated carbocycles. The van der Waals surface area contributed by atoms with E-state index in [1.54, 1.807) is 6.20 Å². The van der Waals surface area contributed by atoms with Crippen LogP contribution in [-0.2, 0) is 0 Å². The molecule has 30 heavy (non-hydrogen) atoms. The van der Waals surface area contributed by atoms with Crippen LogP contribution in [0.5, 0.6) is 0 Å². The van der Waals surface area contributed by atoms with Gasteiger partial charge in [-0.2, -0.15) is 0 Å². The number of rotatable bonds is 3. The van der Waals surface area contributed by atoms with Crippen molar-refractivity contribution in [2.75, 3.05) is 0 Å². The monoisotopic (exact) mass is 449 g/mol. The predicted octanol–water partition coefficient (Wildman–Crippen LogP) is 7.69. The first-order chi connectivity index (χ1) is 14.6. The van der Waals surface area contributed by atoms with Gasteiger partial charge in [0.25, 0.3) is 0 Å². The van der Waals surface area contributed by atoms with Crippen molar-refractivity contribution in [2.45, 2.75) is 0 Å². The van der Waals surface area contributed by atoms with E-state index in [9.17, 15) is 0 Å². The summed E-state index contributed by atoms with van der Waals surface area (Å²) in [6.07, 6.45) is 1.77. The molecule has 5 aromatic rings. The summed E-state index contributed by atoms with van der Waals surface area (Å²) < 4.78 is 2.07. The van der Waals surface area contributed by atoms with Crippen LogP contribution in [0, 0.1) is 0 Å². The van der Waals surface area contributed by atoms with E-state index in [0.717, 1.165) is 33.8 Å². The van der Waals surface area contributed by atoms with Gasteiger partial charge >= 0.3 is 0 Å². The maximum absolute atomic E-state index is 6.15. The van der Waals surface area contributed by atoms with E-state index in [-0.39, 0.29) is 0 Å². The molecule has 146 valence electrons. The minimum absolute atomic E-state index is 0.609. The molecule has 5 rings (SSSR count). The van der Waals surface area contributed by atoms with Gasteiger partial charge < -0.3 is 0 Å². The number of fused-ring (bicyclic) bond motifs is 1. The summed E-state index contributed by atoms with van der Waals surface area (Å²) in [5.74, 6) is 0.609. The molecule has 6 heteroatoms. The molecule has 2 aromatic heterocycles. The fourth-order valence-corrected chi connectivity index (χ4v) is 3.88. The minimum atomic E-state index is 0.609. The van der Waals surface area contributed by atoms with Crippen molar-refractivity contribution >= 4 is 40.6 Å². The average Bonchev–Trinajstić information content (AvgIpc) is 3.15. The van der Waals surface area contributed by atoms with E-state index in [0.29, 0.717) is 20.8 Å². The molecule has 0 spiro atoms. The Morgan fingerprint density at radius 1 is 0.567 bits per heavy atom. The van der Waals surface area contributed by atoms with Gasteiger partial charge in [0.15, 0.2) is 0 Å². The fourth-order valence-electron chi connectivity index (χ4n) is 3.50. The van der Waals surface area contributed by atoms with Gasteiger partial charge in [0, 0.05) is 32.4 Å². The molecule has 2 heterocycles. The van der Waals surface area contributed by atoms with Crippen LogP contribution in [0.4, 0.5) is 0 Å². The Kier molecular flexibility index (Phi) is 4.95. The van der Waals surface area contributed by atoms with Crippen molar-refractivity contribution in [3.05, 3.63) is 100 Å². The van der Waals surface area contributed by atoms with E-state index in [1.165, 1.54) is 0 Å². The minimum Gasteiger partial charge on any atom is -0.276 e. The number of halogens is 3. The van der Waals surface area contributed by atoms with Crippen molar-refractivity contribution in [3.63, 3.8) is 0 Å².